The summed E-state index contributed by atoms with van der Waals surface area (Å²) in [5.74, 6) is -0.220. The van der Waals surface area contributed by atoms with Gasteiger partial charge < -0.3 is 9.64 Å². The number of carbonyl (C=O) groups excluding carboxylic acids is 1. The van der Waals surface area contributed by atoms with Crippen LogP contribution in [0.25, 0.3) is 0 Å². The van der Waals surface area contributed by atoms with Crippen LogP contribution in [0, 0.1) is 0 Å². The predicted octanol–water partition coefficient (Wildman–Crippen LogP) is 2.84. The molecule has 0 saturated heterocycles. The van der Waals surface area contributed by atoms with Gasteiger partial charge in [0.15, 0.2) is 0 Å². The standard InChI is InChI=1S/C13H21NO2/c1-10(2)14-8-6-7-11(9-14)12(15)16-13(3,4)5/h6,8-10H,7H2,1-5H3. The number of allylic oxidation sites excluding steroid dienone is 1. The van der Waals surface area contributed by atoms with Crippen LogP contribution in [0.4, 0.5) is 0 Å². The van der Waals surface area contributed by atoms with E-state index in [9.17, 15) is 4.79 Å². The lowest BCUT2D eigenvalue weighted by Crippen LogP contribution is -2.28. The van der Waals surface area contributed by atoms with Gasteiger partial charge >= 0.3 is 5.97 Å². The number of carbonyl (C=O) groups is 1. The second-order valence-electron chi connectivity index (χ2n) is 5.29. The maximum Gasteiger partial charge on any atom is 0.336 e. The van der Waals surface area contributed by atoms with Gasteiger partial charge in [0.05, 0.1) is 5.57 Å². The van der Waals surface area contributed by atoms with E-state index in [0.29, 0.717) is 18.0 Å². The Morgan fingerprint density at radius 2 is 2.06 bits per heavy atom. The molecule has 0 N–H and O–H groups in total. The van der Waals surface area contributed by atoms with Crippen molar-refractivity contribution < 1.29 is 9.53 Å². The monoisotopic (exact) mass is 223 g/mol. The highest BCUT2D eigenvalue weighted by atomic mass is 16.6. The minimum absolute atomic E-state index is 0.220. The maximum absolute atomic E-state index is 11.8. The molecule has 0 aromatic carbocycles. The van der Waals surface area contributed by atoms with E-state index in [2.05, 4.69) is 13.8 Å². The van der Waals surface area contributed by atoms with Crippen molar-refractivity contribution in [2.75, 3.05) is 0 Å². The molecule has 16 heavy (non-hydrogen) atoms. The summed E-state index contributed by atoms with van der Waals surface area (Å²) in [4.78, 5) is 13.8. The van der Waals surface area contributed by atoms with Crippen LogP contribution in [0.3, 0.4) is 0 Å². The van der Waals surface area contributed by atoms with E-state index in [-0.39, 0.29) is 5.97 Å². The van der Waals surface area contributed by atoms with E-state index in [0.717, 1.165) is 0 Å². The fraction of sp³-hybridized carbons (Fsp3) is 0.615. The molecule has 0 unspecified atom stereocenters. The Morgan fingerprint density at radius 1 is 1.44 bits per heavy atom. The first kappa shape index (κ1) is 12.8. The molecular weight excluding hydrogens is 202 g/mol. The van der Waals surface area contributed by atoms with Crippen LogP contribution in [-0.4, -0.2) is 22.5 Å². The Bertz CT molecular complexity index is 321. The van der Waals surface area contributed by atoms with Crippen molar-refractivity contribution in [1.82, 2.24) is 4.90 Å². The lowest BCUT2D eigenvalue weighted by molar-refractivity contribution is -0.150. The molecule has 0 bridgehead atoms. The van der Waals surface area contributed by atoms with Crippen LogP contribution in [0.15, 0.2) is 24.0 Å². The number of hydrogen-bond donors (Lipinski definition) is 0. The van der Waals surface area contributed by atoms with Crippen molar-refractivity contribution in [2.45, 2.75) is 52.7 Å². The van der Waals surface area contributed by atoms with Gasteiger partial charge in [0.2, 0.25) is 0 Å². The second kappa shape index (κ2) is 4.73. The highest BCUT2D eigenvalue weighted by molar-refractivity contribution is 5.89. The molecule has 1 rings (SSSR count). The summed E-state index contributed by atoms with van der Waals surface area (Å²) in [6.07, 6.45) is 6.51. The van der Waals surface area contributed by atoms with Crippen LogP contribution >= 0.6 is 0 Å². The molecule has 0 aliphatic carbocycles. The lowest BCUT2D eigenvalue weighted by atomic mass is 10.1. The molecule has 0 atom stereocenters. The number of esters is 1. The Labute approximate surface area is 97.8 Å². The second-order valence-corrected chi connectivity index (χ2v) is 5.29. The third-order valence-electron chi connectivity index (χ3n) is 2.18. The number of nitrogens with zero attached hydrogens (tertiary/aromatic N) is 1. The summed E-state index contributed by atoms with van der Waals surface area (Å²) in [5.41, 5.74) is 0.285. The van der Waals surface area contributed by atoms with Crippen molar-refractivity contribution in [1.29, 1.82) is 0 Å². The van der Waals surface area contributed by atoms with Crippen molar-refractivity contribution in [2.24, 2.45) is 0 Å². The minimum Gasteiger partial charge on any atom is -0.457 e. The Hall–Kier alpha value is -1.25. The van der Waals surface area contributed by atoms with E-state index in [1.54, 1.807) is 0 Å². The van der Waals surface area contributed by atoms with E-state index in [1.165, 1.54) is 0 Å². The van der Waals surface area contributed by atoms with Crippen molar-refractivity contribution >= 4 is 5.97 Å². The predicted molar refractivity (Wildman–Crippen MR) is 64.7 cm³/mol. The number of ether oxygens (including phenoxy) is 1. The molecule has 0 spiro atoms. The molecule has 1 aliphatic heterocycles. The molecule has 1 heterocycles. The summed E-state index contributed by atoms with van der Waals surface area (Å²) in [6, 6.07) is 0.356. The molecule has 0 aromatic rings. The quantitative estimate of drug-likeness (QED) is 0.674. The largest absolute Gasteiger partial charge is 0.457 e. The molecule has 0 amide bonds. The average molecular weight is 223 g/mol. The normalized spacial score (nSPS) is 16.4. The average Bonchev–Trinajstić information content (AvgIpc) is 2.15. The fourth-order valence-electron chi connectivity index (χ4n) is 1.38. The van der Waals surface area contributed by atoms with Crippen LogP contribution in [0.1, 0.15) is 41.0 Å². The zero-order valence-electron chi connectivity index (χ0n) is 10.8. The topological polar surface area (TPSA) is 29.5 Å². The van der Waals surface area contributed by atoms with Crippen LogP contribution < -0.4 is 0 Å². The number of rotatable bonds is 2. The molecule has 0 saturated carbocycles. The molecule has 0 fully saturated rings. The Kier molecular flexibility index (Phi) is 3.79. The van der Waals surface area contributed by atoms with Crippen LogP contribution in [-0.2, 0) is 9.53 Å². The maximum atomic E-state index is 11.8. The van der Waals surface area contributed by atoms with Crippen LogP contribution in [0.2, 0.25) is 0 Å². The van der Waals surface area contributed by atoms with E-state index >= 15 is 0 Å². The Morgan fingerprint density at radius 3 is 2.56 bits per heavy atom. The summed E-state index contributed by atoms with van der Waals surface area (Å²) < 4.78 is 5.34. The zero-order chi connectivity index (χ0) is 12.3. The summed E-state index contributed by atoms with van der Waals surface area (Å²) in [5, 5.41) is 0. The van der Waals surface area contributed by atoms with Crippen molar-refractivity contribution in [3.8, 4) is 0 Å². The van der Waals surface area contributed by atoms with Crippen LogP contribution in [0.5, 0.6) is 0 Å². The molecule has 1 aliphatic rings. The first-order chi connectivity index (χ1) is 7.29. The first-order valence-corrected chi connectivity index (χ1v) is 5.68. The highest BCUT2D eigenvalue weighted by Crippen LogP contribution is 2.18. The highest BCUT2D eigenvalue weighted by Gasteiger charge is 2.21. The van der Waals surface area contributed by atoms with Gasteiger partial charge in [-0.1, -0.05) is 6.08 Å². The number of hydrogen-bond acceptors (Lipinski definition) is 3. The van der Waals surface area contributed by atoms with E-state index in [1.807, 2.05) is 44.1 Å². The van der Waals surface area contributed by atoms with E-state index < -0.39 is 5.60 Å². The SMILES string of the molecule is CC(C)N1C=CCC(C(=O)OC(C)(C)C)=C1. The smallest absolute Gasteiger partial charge is 0.336 e. The van der Waals surface area contributed by atoms with Gasteiger partial charge in [0.1, 0.15) is 5.60 Å². The van der Waals surface area contributed by atoms with Gasteiger partial charge in [-0.3, -0.25) is 0 Å². The molecule has 0 radical (unpaired) electrons. The summed E-state index contributed by atoms with van der Waals surface area (Å²) in [7, 11) is 0. The third-order valence-corrected chi connectivity index (χ3v) is 2.18. The zero-order valence-corrected chi connectivity index (χ0v) is 10.8. The molecule has 90 valence electrons. The molecular formula is C13H21NO2. The molecule has 3 heteroatoms. The van der Waals surface area contributed by atoms with Gasteiger partial charge in [-0.25, -0.2) is 4.79 Å². The molecule has 3 nitrogen and oxygen atoms in total. The van der Waals surface area contributed by atoms with Gasteiger partial charge in [-0.2, -0.15) is 0 Å². The van der Waals surface area contributed by atoms with Gasteiger partial charge in [-0.15, -0.1) is 0 Å². The van der Waals surface area contributed by atoms with Gasteiger partial charge in [-0.05, 0) is 34.6 Å². The van der Waals surface area contributed by atoms with Gasteiger partial charge in [0.25, 0.3) is 0 Å². The summed E-state index contributed by atoms with van der Waals surface area (Å²) in [6.45, 7) is 9.80. The Balaban J connectivity index is 2.70. The lowest BCUT2D eigenvalue weighted by Gasteiger charge is -2.26. The molecule has 0 aromatic heterocycles. The van der Waals surface area contributed by atoms with Gasteiger partial charge in [0, 0.05) is 24.9 Å². The van der Waals surface area contributed by atoms with E-state index in [4.69, 9.17) is 4.74 Å². The fourth-order valence-corrected chi connectivity index (χ4v) is 1.38. The summed E-state index contributed by atoms with van der Waals surface area (Å²) >= 11 is 0. The minimum atomic E-state index is -0.429. The first-order valence-electron chi connectivity index (χ1n) is 5.68. The van der Waals surface area contributed by atoms with Crippen molar-refractivity contribution in [3.63, 3.8) is 0 Å². The third kappa shape index (κ3) is 3.72. The van der Waals surface area contributed by atoms with Crippen molar-refractivity contribution in [3.05, 3.63) is 24.0 Å².